The number of carbonyl (C=O) groups is 3. The molecule has 3 rings (SSSR count). The molecule has 28 heavy (non-hydrogen) atoms. The molecule has 0 aromatic rings. The molecule has 13 heteroatoms. The monoisotopic (exact) mass is 442 g/mol. The lowest BCUT2D eigenvalue weighted by atomic mass is 10.1. The Morgan fingerprint density at radius 3 is 2.68 bits per heavy atom. The Labute approximate surface area is 167 Å². The number of fused-ring (bicyclic) bond motifs is 1. The average Bonchev–Trinajstić information content (AvgIpc) is 3.25. The van der Waals surface area contributed by atoms with E-state index in [1.54, 1.807) is 0 Å². The van der Waals surface area contributed by atoms with Crippen molar-refractivity contribution in [3.63, 3.8) is 0 Å². The molecule has 0 radical (unpaired) electrons. The summed E-state index contributed by atoms with van der Waals surface area (Å²) in [5, 5.41) is 10.5. The third kappa shape index (κ3) is 5.67. The molecule has 4 N–H and O–H groups in total. The summed E-state index contributed by atoms with van der Waals surface area (Å²) in [6.07, 6.45) is -3.58. The highest BCUT2D eigenvalue weighted by Gasteiger charge is 2.42. The van der Waals surface area contributed by atoms with Crippen LogP contribution in [0.25, 0.3) is 0 Å². The van der Waals surface area contributed by atoms with E-state index in [-0.39, 0.29) is 12.1 Å². The second-order valence-electron chi connectivity index (χ2n) is 6.67. The third-order valence-electron chi connectivity index (χ3n) is 4.59. The molecule has 3 heterocycles. The maximum atomic E-state index is 12.6. The molecule has 3 fully saturated rings. The maximum absolute atomic E-state index is 12.6. The number of ether oxygens (including phenoxy) is 1. The molecule has 0 aromatic heterocycles. The van der Waals surface area contributed by atoms with Crippen LogP contribution in [0.15, 0.2) is 0 Å². The number of hydrogen-bond donors (Lipinski definition) is 4. The molecule has 5 atom stereocenters. The molecule has 0 spiro atoms. The van der Waals surface area contributed by atoms with Crippen molar-refractivity contribution in [1.29, 1.82) is 0 Å². The quantitative estimate of drug-likeness (QED) is 0.505. The largest absolute Gasteiger partial charge is 0.440 e. The minimum atomic E-state index is -4.67. The lowest BCUT2D eigenvalue weighted by molar-refractivity contribution is -0.161. The van der Waals surface area contributed by atoms with Crippen LogP contribution < -0.4 is 21.3 Å². The van der Waals surface area contributed by atoms with Crippen molar-refractivity contribution in [3.05, 3.63) is 0 Å². The van der Waals surface area contributed by atoms with E-state index in [0.29, 0.717) is 17.4 Å². The number of piperidine rings is 1. The smallest absolute Gasteiger partial charge is 0.422 e. The van der Waals surface area contributed by atoms with Crippen molar-refractivity contribution in [1.82, 2.24) is 21.3 Å². The standard InChI is InChI=1S/C15H21F3N4O4S2/c16-15(17,18)6-26-14(25)22-10(23)7-3-5-27-12(7)21-11(24)13-20-9-8(28-13)2-1-4-19-9/h7-9,12-13,19-20H,1-6H2,(H,21,24)(H,22,23,25). The molecule has 3 aliphatic heterocycles. The van der Waals surface area contributed by atoms with Crippen molar-refractivity contribution in [2.75, 3.05) is 18.9 Å². The van der Waals surface area contributed by atoms with Gasteiger partial charge in [-0.25, -0.2) is 4.79 Å². The van der Waals surface area contributed by atoms with Gasteiger partial charge in [0.25, 0.3) is 0 Å². The second-order valence-corrected chi connectivity index (χ2v) is 9.27. The summed E-state index contributed by atoms with van der Waals surface area (Å²) in [5.41, 5.74) is 0. The SMILES string of the molecule is O=C(NC(=O)C1CCSC1NC(=O)C1NC2NCCCC2S1)OCC(F)(F)F. The van der Waals surface area contributed by atoms with Crippen LogP contribution in [0.4, 0.5) is 18.0 Å². The Bertz CT molecular complexity index is 611. The number of halogens is 3. The van der Waals surface area contributed by atoms with Crippen LogP contribution in [0.2, 0.25) is 0 Å². The minimum absolute atomic E-state index is 0.0771. The first-order chi connectivity index (χ1) is 13.2. The zero-order valence-corrected chi connectivity index (χ0v) is 16.3. The van der Waals surface area contributed by atoms with Gasteiger partial charge in [0.2, 0.25) is 11.8 Å². The van der Waals surface area contributed by atoms with Gasteiger partial charge in [0, 0.05) is 5.25 Å². The van der Waals surface area contributed by atoms with Crippen molar-refractivity contribution < 1.29 is 32.3 Å². The topological polar surface area (TPSA) is 109 Å². The van der Waals surface area contributed by atoms with Gasteiger partial charge in [0.1, 0.15) is 5.37 Å². The number of imide groups is 1. The highest BCUT2D eigenvalue weighted by molar-refractivity contribution is 8.01. The van der Waals surface area contributed by atoms with Gasteiger partial charge in [-0.2, -0.15) is 13.2 Å². The van der Waals surface area contributed by atoms with Gasteiger partial charge in [-0.05, 0) is 31.6 Å². The van der Waals surface area contributed by atoms with Crippen LogP contribution in [0.5, 0.6) is 0 Å². The van der Waals surface area contributed by atoms with Crippen LogP contribution in [0, 0.1) is 5.92 Å². The van der Waals surface area contributed by atoms with E-state index in [1.165, 1.54) is 23.5 Å². The summed E-state index contributed by atoms with van der Waals surface area (Å²) in [6, 6.07) is 0. The number of amides is 3. The van der Waals surface area contributed by atoms with Gasteiger partial charge in [-0.15, -0.1) is 23.5 Å². The second kappa shape index (κ2) is 9.09. The Morgan fingerprint density at radius 1 is 1.18 bits per heavy atom. The van der Waals surface area contributed by atoms with E-state index in [1.807, 2.05) is 5.32 Å². The van der Waals surface area contributed by atoms with Crippen LogP contribution in [-0.2, 0) is 14.3 Å². The van der Waals surface area contributed by atoms with E-state index >= 15 is 0 Å². The van der Waals surface area contributed by atoms with E-state index in [0.717, 1.165) is 19.4 Å². The average molecular weight is 442 g/mol. The molecule has 8 nitrogen and oxygen atoms in total. The fourth-order valence-corrected chi connectivity index (χ4v) is 6.02. The molecule has 3 aliphatic rings. The van der Waals surface area contributed by atoms with Gasteiger partial charge < -0.3 is 15.4 Å². The van der Waals surface area contributed by atoms with Crippen molar-refractivity contribution in [2.45, 2.75) is 47.6 Å². The number of alkyl halides is 3. The number of alkyl carbamates (subject to hydrolysis) is 1. The highest BCUT2D eigenvalue weighted by Crippen LogP contribution is 2.34. The highest BCUT2D eigenvalue weighted by atomic mass is 32.2. The maximum Gasteiger partial charge on any atom is 0.422 e. The molecular weight excluding hydrogens is 421 g/mol. The molecular formula is C15H21F3N4O4S2. The lowest BCUT2D eigenvalue weighted by Gasteiger charge is -2.24. The Kier molecular flexibility index (Phi) is 6.99. The minimum Gasteiger partial charge on any atom is -0.440 e. The van der Waals surface area contributed by atoms with Gasteiger partial charge in [0.15, 0.2) is 6.61 Å². The molecule has 3 amide bonds. The first-order valence-electron chi connectivity index (χ1n) is 8.84. The first-order valence-corrected chi connectivity index (χ1v) is 10.8. The predicted molar refractivity (Wildman–Crippen MR) is 97.4 cm³/mol. The molecule has 0 bridgehead atoms. The summed E-state index contributed by atoms with van der Waals surface area (Å²) >= 11 is 2.90. The van der Waals surface area contributed by atoms with Crippen LogP contribution in [0.3, 0.4) is 0 Å². The Morgan fingerprint density at radius 2 is 1.96 bits per heavy atom. The van der Waals surface area contributed by atoms with Gasteiger partial charge in [0.05, 0.1) is 17.5 Å². The summed E-state index contributed by atoms with van der Waals surface area (Å²) in [5.74, 6) is -1.15. The zero-order chi connectivity index (χ0) is 20.3. The Hall–Kier alpha value is -1.18. The predicted octanol–water partition coefficient (Wildman–Crippen LogP) is 0.737. The number of rotatable bonds is 4. The molecule has 0 aromatic carbocycles. The summed E-state index contributed by atoms with van der Waals surface area (Å²) < 4.78 is 40.2. The summed E-state index contributed by atoms with van der Waals surface area (Å²) in [7, 11) is 0. The molecule has 3 saturated heterocycles. The lowest BCUT2D eigenvalue weighted by Crippen LogP contribution is -2.52. The molecule has 0 aliphatic carbocycles. The molecule has 5 unspecified atom stereocenters. The molecule has 158 valence electrons. The van der Waals surface area contributed by atoms with E-state index in [2.05, 4.69) is 20.7 Å². The normalized spacial score (nSPS) is 32.5. The summed E-state index contributed by atoms with van der Waals surface area (Å²) in [4.78, 5) is 36.1. The van der Waals surface area contributed by atoms with E-state index in [4.69, 9.17) is 0 Å². The zero-order valence-electron chi connectivity index (χ0n) is 14.7. The fraction of sp³-hybridized carbons (Fsp3) is 0.800. The van der Waals surface area contributed by atoms with Gasteiger partial charge in [-0.1, -0.05) is 0 Å². The molecule has 0 saturated carbocycles. The number of thioether (sulfide) groups is 2. The van der Waals surface area contributed by atoms with Crippen LogP contribution in [0.1, 0.15) is 19.3 Å². The fourth-order valence-electron chi connectivity index (χ4n) is 3.28. The van der Waals surface area contributed by atoms with Crippen LogP contribution in [-0.4, -0.2) is 65.2 Å². The Balaban J connectivity index is 1.48. The van der Waals surface area contributed by atoms with Gasteiger partial charge >= 0.3 is 12.3 Å². The first kappa shape index (κ1) is 21.5. The van der Waals surface area contributed by atoms with Crippen molar-refractivity contribution >= 4 is 41.4 Å². The van der Waals surface area contributed by atoms with E-state index in [9.17, 15) is 27.6 Å². The summed E-state index contributed by atoms with van der Waals surface area (Å²) in [6.45, 7) is -0.874. The number of nitrogens with one attached hydrogen (secondary N) is 4. The van der Waals surface area contributed by atoms with Gasteiger partial charge in [-0.3, -0.25) is 20.2 Å². The number of carbonyl (C=O) groups excluding carboxylic acids is 3. The number of hydrogen-bond acceptors (Lipinski definition) is 8. The van der Waals surface area contributed by atoms with Crippen molar-refractivity contribution in [3.8, 4) is 0 Å². The van der Waals surface area contributed by atoms with Crippen LogP contribution >= 0.6 is 23.5 Å². The van der Waals surface area contributed by atoms with Crippen molar-refractivity contribution in [2.24, 2.45) is 5.92 Å². The van der Waals surface area contributed by atoms with E-state index < -0.39 is 41.4 Å². The third-order valence-corrected chi connectivity index (χ3v) is 7.34.